The van der Waals surface area contributed by atoms with E-state index in [1.165, 1.54) is 12.1 Å². The minimum atomic E-state index is -0.652. The Bertz CT molecular complexity index is 477. The van der Waals surface area contributed by atoms with E-state index in [1.807, 2.05) is 0 Å². The van der Waals surface area contributed by atoms with Gasteiger partial charge in [-0.25, -0.2) is 8.78 Å². The van der Waals surface area contributed by atoms with Crippen molar-refractivity contribution in [2.75, 3.05) is 6.54 Å². The van der Waals surface area contributed by atoms with Crippen molar-refractivity contribution in [3.05, 3.63) is 35.4 Å². The molecule has 21 heavy (non-hydrogen) atoms. The van der Waals surface area contributed by atoms with Gasteiger partial charge < -0.3 is 11.1 Å². The molecular weight excluding hydrogens is 274 g/mol. The van der Waals surface area contributed by atoms with Crippen LogP contribution in [0.5, 0.6) is 0 Å². The van der Waals surface area contributed by atoms with Crippen molar-refractivity contribution in [1.29, 1.82) is 0 Å². The van der Waals surface area contributed by atoms with Gasteiger partial charge in [0.25, 0.3) is 0 Å². The number of benzene rings is 1. The van der Waals surface area contributed by atoms with Gasteiger partial charge in [0, 0.05) is 18.1 Å². The van der Waals surface area contributed by atoms with E-state index < -0.39 is 17.7 Å². The second-order valence-corrected chi connectivity index (χ2v) is 5.89. The molecule has 0 saturated carbocycles. The predicted molar refractivity (Wildman–Crippen MR) is 79.5 cm³/mol. The highest BCUT2D eigenvalue weighted by molar-refractivity contribution is 5.76. The Hall–Kier alpha value is -1.49. The van der Waals surface area contributed by atoms with Crippen LogP contribution >= 0.6 is 0 Å². The average Bonchev–Trinajstić information content (AvgIpc) is 2.36. The Kier molecular flexibility index (Phi) is 6.75. The zero-order chi connectivity index (χ0) is 16.0. The van der Waals surface area contributed by atoms with Crippen LogP contribution in [0.1, 0.15) is 45.2 Å². The van der Waals surface area contributed by atoms with Gasteiger partial charge in [-0.2, -0.15) is 0 Å². The van der Waals surface area contributed by atoms with Gasteiger partial charge in [0.05, 0.1) is 6.04 Å². The topological polar surface area (TPSA) is 55.1 Å². The lowest BCUT2D eigenvalue weighted by atomic mass is 9.94. The summed E-state index contributed by atoms with van der Waals surface area (Å²) in [4.78, 5) is 12.0. The summed E-state index contributed by atoms with van der Waals surface area (Å²) in [6, 6.07) is 2.85. The molecule has 0 spiro atoms. The fraction of sp³-hybridized carbons (Fsp3) is 0.562. The molecule has 3 nitrogen and oxygen atoms in total. The Morgan fingerprint density at radius 2 is 1.95 bits per heavy atom. The van der Waals surface area contributed by atoms with E-state index in [1.54, 1.807) is 6.92 Å². The molecule has 0 aliphatic rings. The molecule has 0 aromatic heterocycles. The molecular formula is C16H24F2N2O. The molecule has 3 N–H and O–H groups in total. The zero-order valence-corrected chi connectivity index (χ0v) is 12.8. The van der Waals surface area contributed by atoms with Crippen LogP contribution in [-0.4, -0.2) is 12.5 Å². The number of hydrogen-bond donors (Lipinski definition) is 2. The first-order valence-electron chi connectivity index (χ1n) is 7.27. The van der Waals surface area contributed by atoms with E-state index in [4.69, 9.17) is 5.73 Å². The predicted octanol–water partition coefficient (Wildman–Crippen LogP) is 3.15. The Morgan fingerprint density at radius 3 is 2.48 bits per heavy atom. The van der Waals surface area contributed by atoms with Gasteiger partial charge in [-0.05, 0) is 37.8 Å². The van der Waals surface area contributed by atoms with Crippen LogP contribution in [0.2, 0.25) is 0 Å². The lowest BCUT2D eigenvalue weighted by molar-refractivity contribution is -0.122. The maximum absolute atomic E-state index is 13.6. The second kappa shape index (κ2) is 8.08. The molecule has 0 aliphatic heterocycles. The molecule has 0 heterocycles. The van der Waals surface area contributed by atoms with Gasteiger partial charge in [-0.3, -0.25) is 4.79 Å². The van der Waals surface area contributed by atoms with Crippen LogP contribution in [0.4, 0.5) is 8.78 Å². The first-order chi connectivity index (χ1) is 9.83. The van der Waals surface area contributed by atoms with Crippen molar-refractivity contribution in [3.63, 3.8) is 0 Å². The molecule has 1 aromatic carbocycles. The summed E-state index contributed by atoms with van der Waals surface area (Å²) in [6.07, 6.45) is 1.20. The molecule has 118 valence electrons. The number of nitrogens with one attached hydrogen (secondary N) is 1. The highest BCUT2D eigenvalue weighted by Gasteiger charge is 2.18. The largest absolute Gasteiger partial charge is 0.349 e. The van der Waals surface area contributed by atoms with E-state index in [2.05, 4.69) is 19.2 Å². The van der Waals surface area contributed by atoms with E-state index in [0.29, 0.717) is 18.9 Å². The quantitative estimate of drug-likeness (QED) is 0.812. The first kappa shape index (κ1) is 17.6. The average molecular weight is 298 g/mol. The number of carbonyl (C=O) groups is 1. The van der Waals surface area contributed by atoms with Crippen LogP contribution in [0.25, 0.3) is 0 Å². The molecule has 0 fully saturated rings. The van der Waals surface area contributed by atoms with Crippen LogP contribution in [0, 0.1) is 23.5 Å². The summed E-state index contributed by atoms with van der Waals surface area (Å²) >= 11 is 0. The van der Waals surface area contributed by atoms with Gasteiger partial charge in [0.15, 0.2) is 0 Å². The summed E-state index contributed by atoms with van der Waals surface area (Å²) < 4.78 is 26.5. The van der Waals surface area contributed by atoms with Crippen LogP contribution < -0.4 is 11.1 Å². The van der Waals surface area contributed by atoms with Crippen molar-refractivity contribution in [1.82, 2.24) is 5.32 Å². The SMILES string of the molecule is CC(C)C[C@H](CN)CC(=O)NC(C)c1ccc(F)cc1F. The normalized spacial score (nSPS) is 14.0. The third-order valence-electron chi connectivity index (χ3n) is 3.42. The summed E-state index contributed by atoms with van der Waals surface area (Å²) in [6.45, 7) is 6.28. The van der Waals surface area contributed by atoms with Gasteiger partial charge in [0.2, 0.25) is 5.91 Å². The summed E-state index contributed by atoms with van der Waals surface area (Å²) in [5.74, 6) is -0.855. The zero-order valence-electron chi connectivity index (χ0n) is 12.8. The van der Waals surface area contributed by atoms with Gasteiger partial charge in [-0.15, -0.1) is 0 Å². The lowest BCUT2D eigenvalue weighted by Gasteiger charge is -2.19. The molecule has 0 bridgehead atoms. The number of nitrogens with two attached hydrogens (primary N) is 1. The minimum absolute atomic E-state index is 0.121. The number of amides is 1. The maximum Gasteiger partial charge on any atom is 0.220 e. The van der Waals surface area contributed by atoms with Gasteiger partial charge in [0.1, 0.15) is 11.6 Å². The Labute approximate surface area is 124 Å². The van der Waals surface area contributed by atoms with Crippen molar-refractivity contribution in [2.24, 2.45) is 17.6 Å². The molecule has 1 aromatic rings. The van der Waals surface area contributed by atoms with Gasteiger partial charge in [-0.1, -0.05) is 19.9 Å². The highest BCUT2D eigenvalue weighted by atomic mass is 19.1. The van der Waals surface area contributed by atoms with E-state index in [0.717, 1.165) is 12.5 Å². The van der Waals surface area contributed by atoms with E-state index in [-0.39, 0.29) is 17.4 Å². The third-order valence-corrected chi connectivity index (χ3v) is 3.42. The fourth-order valence-electron chi connectivity index (χ4n) is 2.42. The van der Waals surface area contributed by atoms with E-state index >= 15 is 0 Å². The molecule has 1 unspecified atom stereocenters. The van der Waals surface area contributed by atoms with Gasteiger partial charge >= 0.3 is 0 Å². The number of halogens is 2. The molecule has 0 aliphatic carbocycles. The lowest BCUT2D eigenvalue weighted by Crippen LogP contribution is -2.31. The fourth-order valence-corrected chi connectivity index (χ4v) is 2.42. The molecule has 0 saturated heterocycles. The van der Waals surface area contributed by atoms with Crippen molar-refractivity contribution in [2.45, 2.75) is 39.7 Å². The highest BCUT2D eigenvalue weighted by Crippen LogP contribution is 2.19. The van der Waals surface area contributed by atoms with Crippen molar-refractivity contribution < 1.29 is 13.6 Å². The molecule has 1 amide bonds. The number of rotatable bonds is 7. The summed E-state index contributed by atoms with van der Waals surface area (Å²) in [5.41, 5.74) is 5.95. The summed E-state index contributed by atoms with van der Waals surface area (Å²) in [7, 11) is 0. The third kappa shape index (κ3) is 5.79. The molecule has 1 rings (SSSR count). The van der Waals surface area contributed by atoms with Crippen LogP contribution in [0.3, 0.4) is 0 Å². The smallest absolute Gasteiger partial charge is 0.220 e. The molecule has 2 atom stereocenters. The standard InChI is InChI=1S/C16H24F2N2O/c1-10(2)6-12(9-19)7-16(21)20-11(3)14-5-4-13(17)8-15(14)18/h4-5,8,10-12H,6-7,9,19H2,1-3H3,(H,20,21)/t11?,12-/m0/s1. The monoisotopic (exact) mass is 298 g/mol. The summed E-state index contributed by atoms with van der Waals surface area (Å²) in [5, 5.41) is 2.74. The van der Waals surface area contributed by atoms with Crippen molar-refractivity contribution >= 4 is 5.91 Å². The van der Waals surface area contributed by atoms with Crippen LogP contribution in [-0.2, 0) is 4.79 Å². The maximum atomic E-state index is 13.6. The molecule has 5 heteroatoms. The number of hydrogen-bond acceptors (Lipinski definition) is 2. The number of carbonyl (C=O) groups excluding carboxylic acids is 1. The van der Waals surface area contributed by atoms with Crippen LogP contribution in [0.15, 0.2) is 18.2 Å². The molecule has 0 radical (unpaired) electrons. The first-order valence-corrected chi connectivity index (χ1v) is 7.27. The second-order valence-electron chi connectivity index (χ2n) is 5.89. The van der Waals surface area contributed by atoms with E-state index in [9.17, 15) is 13.6 Å². The Morgan fingerprint density at radius 1 is 1.29 bits per heavy atom. The Balaban J connectivity index is 2.61. The minimum Gasteiger partial charge on any atom is -0.349 e. The van der Waals surface area contributed by atoms with Crippen molar-refractivity contribution in [3.8, 4) is 0 Å².